The van der Waals surface area contributed by atoms with Gasteiger partial charge in [0.1, 0.15) is 0 Å². The first-order valence-corrected chi connectivity index (χ1v) is 4.27. The van der Waals surface area contributed by atoms with Crippen LogP contribution in [0, 0.1) is 23.7 Å². The summed E-state index contributed by atoms with van der Waals surface area (Å²) >= 11 is 0. The van der Waals surface area contributed by atoms with Gasteiger partial charge in [0, 0.05) is 47.8 Å². The molecule has 4 nitrogen and oxygen atoms in total. The predicted molar refractivity (Wildman–Crippen MR) is 54.1 cm³/mol. The normalized spacial score (nSPS) is 8.18. The Bertz CT molecular complexity index is 479. The Kier molecular flexibility index (Phi) is 7.62. The molecule has 1 N–H and O–H groups in total. The molecular formula is C11H6N4W2-2. The fraction of sp³-hybridized carbons (Fsp3) is 0. The molecule has 84 valence electrons. The van der Waals surface area contributed by atoms with Crippen molar-refractivity contribution in [2.75, 3.05) is 5.32 Å². The number of benzene rings is 1. The van der Waals surface area contributed by atoms with Gasteiger partial charge in [-0.3, -0.25) is 18.5 Å². The summed E-state index contributed by atoms with van der Waals surface area (Å²) in [6.07, 6.45) is 5.24. The van der Waals surface area contributed by atoms with Crippen molar-refractivity contribution in [3.05, 3.63) is 48.3 Å². The van der Waals surface area contributed by atoms with Crippen molar-refractivity contribution in [1.82, 2.24) is 9.97 Å². The van der Waals surface area contributed by atoms with Crippen LogP contribution in [0.2, 0.25) is 0 Å². The Morgan fingerprint density at radius 2 is 1.65 bits per heavy atom. The van der Waals surface area contributed by atoms with Gasteiger partial charge in [-0.25, -0.2) is 0 Å². The third-order valence-electron chi connectivity index (χ3n) is 1.74. The Morgan fingerprint density at radius 1 is 1.06 bits per heavy atom. The van der Waals surface area contributed by atoms with Gasteiger partial charge in [0.15, 0.2) is 0 Å². The van der Waals surface area contributed by atoms with Crippen molar-refractivity contribution in [1.29, 1.82) is 5.26 Å². The number of hydrogen-bond donors (Lipinski definition) is 1. The number of nitrogens with zero attached hydrogens (tertiary/aromatic N) is 3. The van der Waals surface area contributed by atoms with Crippen LogP contribution in [0.4, 0.5) is 11.6 Å². The molecule has 0 aliphatic carbocycles. The zero-order chi connectivity index (χ0) is 10.5. The standard InChI is InChI=1S/C11H6N4.2W/c12-8-9-2-4-10(5-3-9)15-11-13-6-1-7-14-11;;/h1-5H,(H,13,14,15);;/q-2;;. The van der Waals surface area contributed by atoms with Gasteiger partial charge in [0.2, 0.25) is 0 Å². The van der Waals surface area contributed by atoms with Crippen molar-refractivity contribution in [2.24, 2.45) is 0 Å². The van der Waals surface area contributed by atoms with Gasteiger partial charge in [-0.1, -0.05) is 0 Å². The van der Waals surface area contributed by atoms with Crippen LogP contribution < -0.4 is 5.32 Å². The van der Waals surface area contributed by atoms with E-state index in [1.54, 1.807) is 24.3 Å². The maximum Gasteiger partial charge on any atom is 0.0991 e. The van der Waals surface area contributed by atoms with E-state index in [0.29, 0.717) is 11.5 Å². The van der Waals surface area contributed by atoms with E-state index in [1.807, 2.05) is 6.07 Å². The van der Waals surface area contributed by atoms with E-state index in [1.165, 1.54) is 6.07 Å². The van der Waals surface area contributed by atoms with Crippen molar-refractivity contribution in [3.8, 4) is 6.07 Å². The summed E-state index contributed by atoms with van der Waals surface area (Å²) in [4.78, 5) is 7.75. The number of hydrogen-bond acceptors (Lipinski definition) is 4. The summed E-state index contributed by atoms with van der Waals surface area (Å²) in [6.45, 7) is 0. The van der Waals surface area contributed by atoms with E-state index in [9.17, 15) is 0 Å². The van der Waals surface area contributed by atoms with Crippen LogP contribution in [0.25, 0.3) is 0 Å². The molecule has 17 heavy (non-hydrogen) atoms. The fourth-order valence-corrected chi connectivity index (χ4v) is 1.05. The van der Waals surface area contributed by atoms with Crippen LogP contribution in [0.3, 0.4) is 0 Å². The van der Waals surface area contributed by atoms with Gasteiger partial charge in [0.25, 0.3) is 0 Å². The summed E-state index contributed by atoms with van der Waals surface area (Å²) < 4.78 is 0. The van der Waals surface area contributed by atoms with E-state index in [2.05, 4.69) is 27.7 Å². The van der Waals surface area contributed by atoms with Gasteiger partial charge >= 0.3 is 0 Å². The first-order chi connectivity index (χ1) is 7.38. The summed E-state index contributed by atoms with van der Waals surface area (Å²) in [7, 11) is 0. The maximum atomic E-state index is 8.61. The maximum absolute atomic E-state index is 8.61. The molecule has 2 aromatic rings. The Hall–Kier alpha value is -1.03. The molecule has 0 fully saturated rings. The zero-order valence-corrected chi connectivity index (χ0v) is 14.4. The molecule has 0 saturated heterocycles. The molecule has 0 radical (unpaired) electrons. The minimum Gasteiger partial charge on any atom is -0.492 e. The van der Waals surface area contributed by atoms with Gasteiger partial charge in [-0.05, 0) is 30.2 Å². The second kappa shape index (κ2) is 8.12. The molecule has 0 aliphatic rings. The smallest absolute Gasteiger partial charge is 0.0991 e. The van der Waals surface area contributed by atoms with E-state index >= 15 is 0 Å². The largest absolute Gasteiger partial charge is 0.492 e. The first kappa shape index (κ1) is 16.0. The van der Waals surface area contributed by atoms with Crippen LogP contribution in [0.1, 0.15) is 5.56 Å². The number of nitrogens with one attached hydrogen (secondary N) is 1. The van der Waals surface area contributed by atoms with E-state index in [4.69, 9.17) is 5.26 Å². The third kappa shape index (κ3) is 4.77. The quantitative estimate of drug-likeness (QED) is 0.567. The molecule has 0 bridgehead atoms. The van der Waals surface area contributed by atoms with Gasteiger partial charge < -0.3 is 15.3 Å². The van der Waals surface area contributed by atoms with Crippen LogP contribution >= 0.6 is 0 Å². The molecule has 2 rings (SSSR count). The minimum absolute atomic E-state index is 0. The van der Waals surface area contributed by atoms with Crippen LogP contribution in [0.15, 0.2) is 30.3 Å². The van der Waals surface area contributed by atoms with Crippen LogP contribution in [-0.4, -0.2) is 9.97 Å². The summed E-state index contributed by atoms with van der Waals surface area (Å²) in [6, 6.07) is 10.6. The van der Waals surface area contributed by atoms with Gasteiger partial charge in [-0.2, -0.15) is 5.26 Å². The number of anilines is 2. The molecule has 0 aliphatic heterocycles. The molecule has 0 atom stereocenters. The molecule has 1 heterocycles. The Morgan fingerprint density at radius 3 is 2.18 bits per heavy atom. The average molecular weight is 562 g/mol. The molecule has 6 heteroatoms. The number of rotatable bonds is 2. The van der Waals surface area contributed by atoms with Crippen molar-refractivity contribution >= 4 is 11.6 Å². The van der Waals surface area contributed by atoms with E-state index in [-0.39, 0.29) is 42.1 Å². The summed E-state index contributed by atoms with van der Waals surface area (Å²) in [5.74, 6) is 0.433. The average Bonchev–Trinajstić information content (AvgIpc) is 2.31. The fourth-order valence-electron chi connectivity index (χ4n) is 1.05. The predicted octanol–water partition coefficient (Wildman–Crippen LogP) is 1.69. The van der Waals surface area contributed by atoms with E-state index < -0.39 is 0 Å². The molecule has 0 unspecified atom stereocenters. The molecule has 0 spiro atoms. The third-order valence-corrected chi connectivity index (χ3v) is 1.74. The molecule has 0 amide bonds. The van der Waals surface area contributed by atoms with Gasteiger partial charge in [-0.15, -0.1) is 0 Å². The molecular weight excluding hydrogens is 556 g/mol. The topological polar surface area (TPSA) is 61.6 Å². The molecule has 1 aromatic carbocycles. The van der Waals surface area contributed by atoms with Gasteiger partial charge in [0.05, 0.1) is 11.6 Å². The zero-order valence-electron chi connectivity index (χ0n) is 8.54. The minimum atomic E-state index is 0. The molecule has 0 saturated carbocycles. The van der Waals surface area contributed by atoms with Crippen molar-refractivity contribution < 1.29 is 42.1 Å². The Labute approximate surface area is 128 Å². The second-order valence-corrected chi connectivity index (χ2v) is 2.76. The number of aromatic nitrogens is 2. The Balaban J connectivity index is 0.00000128. The number of nitriles is 1. The molecule has 1 aromatic heterocycles. The summed E-state index contributed by atoms with van der Waals surface area (Å²) in [5, 5.41) is 11.6. The first-order valence-electron chi connectivity index (χ1n) is 4.27. The van der Waals surface area contributed by atoms with Crippen LogP contribution in [-0.2, 0) is 42.1 Å². The van der Waals surface area contributed by atoms with Crippen molar-refractivity contribution in [2.45, 2.75) is 0 Å². The summed E-state index contributed by atoms with van der Waals surface area (Å²) in [5.41, 5.74) is 1.44. The SMILES string of the molecule is N#Cc1ccc(Nc2n[c-]c[c-]n2)cc1.[W].[W]. The second-order valence-electron chi connectivity index (χ2n) is 2.76. The van der Waals surface area contributed by atoms with Crippen molar-refractivity contribution in [3.63, 3.8) is 0 Å². The monoisotopic (exact) mass is 562 g/mol. The van der Waals surface area contributed by atoms with Crippen LogP contribution in [0.5, 0.6) is 0 Å². The van der Waals surface area contributed by atoms with E-state index in [0.717, 1.165) is 5.69 Å².